The maximum atomic E-state index is 15.4. The summed E-state index contributed by atoms with van der Waals surface area (Å²) in [5.74, 6) is -4.16. The van der Waals surface area contributed by atoms with Gasteiger partial charge in [0, 0.05) is 29.9 Å². The molecule has 180 valence electrons. The van der Waals surface area contributed by atoms with E-state index in [1.165, 1.54) is 50.5 Å². The Labute approximate surface area is 226 Å². The third-order valence-corrected chi connectivity index (χ3v) is 5.52. The number of carbonyl (C=O) groups excluding carboxylic acids is 3. The quantitative estimate of drug-likeness (QED) is 0.404. The van der Waals surface area contributed by atoms with Crippen LogP contribution in [-0.2, 0) is 14.4 Å². The number of aliphatic carboxylic acids is 1. The van der Waals surface area contributed by atoms with Crippen LogP contribution in [0.5, 0.6) is 0 Å². The number of rotatable bonds is 6. The average Bonchev–Trinajstić information content (AvgIpc) is 2.77. The fraction of sp³-hybridized carbons (Fsp3) is 0.217. The molecule has 0 radical (unpaired) electrons. The van der Waals surface area contributed by atoms with E-state index in [4.69, 9.17) is 11.6 Å². The molecule has 0 aliphatic carbocycles. The Bertz CT molecular complexity index is 1220. The van der Waals surface area contributed by atoms with Crippen LogP contribution in [0, 0.1) is 11.6 Å². The second-order valence-corrected chi connectivity index (χ2v) is 8.07. The number of likely N-dealkylation sites (N-methyl/N-ethyl adjacent to an activating group) is 1. The van der Waals surface area contributed by atoms with E-state index in [0.717, 1.165) is 11.0 Å². The number of urea groups is 1. The Kier molecular flexibility index (Phi) is 9.56. The summed E-state index contributed by atoms with van der Waals surface area (Å²) >= 11 is 5.79. The summed E-state index contributed by atoms with van der Waals surface area (Å²) < 4.78 is 28.9. The van der Waals surface area contributed by atoms with Crippen molar-refractivity contribution in [1.29, 1.82) is 0 Å². The fourth-order valence-corrected chi connectivity index (χ4v) is 3.72. The van der Waals surface area contributed by atoms with Crippen LogP contribution >= 0.6 is 11.6 Å². The molecule has 1 aliphatic rings. The first-order valence-corrected chi connectivity index (χ1v) is 10.4. The second kappa shape index (κ2) is 11.8. The van der Waals surface area contributed by atoms with E-state index < -0.39 is 53.8 Å². The standard InChI is InChI=1S/C23H20ClF2N3O5.Na.H/c1-11-10-29(2)22(33)20(21(11)32)28-23(34)27-17(9-18(30)31)14-5-3-4-13(19(14)26)12-6-7-16(25)15(24)8-12;;/h3-8,10,17,20H,9H2,1-2H3,(H,30,31)(H2,27,28,34);;. The molecule has 2 aromatic rings. The van der Waals surface area contributed by atoms with Crippen LogP contribution in [0.4, 0.5) is 13.6 Å². The van der Waals surface area contributed by atoms with Crippen molar-refractivity contribution >= 4 is 64.8 Å². The third kappa shape index (κ3) is 6.46. The van der Waals surface area contributed by atoms with Crippen LogP contribution in [0.3, 0.4) is 0 Å². The minimum absolute atomic E-state index is 0. The van der Waals surface area contributed by atoms with Crippen LogP contribution in [0.2, 0.25) is 5.02 Å². The van der Waals surface area contributed by atoms with Gasteiger partial charge in [-0.2, -0.15) is 0 Å². The van der Waals surface area contributed by atoms with Crippen LogP contribution in [0.25, 0.3) is 11.1 Å². The Morgan fingerprint density at radius 1 is 1.20 bits per heavy atom. The summed E-state index contributed by atoms with van der Waals surface area (Å²) in [5, 5.41) is 13.6. The van der Waals surface area contributed by atoms with E-state index >= 15 is 4.39 Å². The molecule has 3 amide bonds. The summed E-state index contributed by atoms with van der Waals surface area (Å²) in [6, 6.07) is 3.83. The predicted octanol–water partition coefficient (Wildman–Crippen LogP) is 2.77. The molecule has 2 atom stereocenters. The van der Waals surface area contributed by atoms with Gasteiger partial charge in [-0.15, -0.1) is 0 Å². The van der Waals surface area contributed by atoms with Crippen molar-refractivity contribution in [2.45, 2.75) is 25.4 Å². The SMILES string of the molecule is CC1=CN(C)C(=O)C(NC(=O)NC(CC(=O)O)c2cccc(-c3ccc(F)c(Cl)c3)c2F)C1=O.[NaH]. The van der Waals surface area contributed by atoms with Crippen molar-refractivity contribution in [3.05, 3.63) is 70.4 Å². The zero-order valence-corrected chi connectivity index (χ0v) is 18.8. The van der Waals surface area contributed by atoms with E-state index in [9.17, 15) is 28.7 Å². The summed E-state index contributed by atoms with van der Waals surface area (Å²) in [7, 11) is 1.42. The van der Waals surface area contributed by atoms with Gasteiger partial charge in [-0.1, -0.05) is 35.9 Å². The van der Waals surface area contributed by atoms with Gasteiger partial charge in [-0.05, 0) is 24.6 Å². The molecule has 35 heavy (non-hydrogen) atoms. The second-order valence-electron chi connectivity index (χ2n) is 7.66. The first kappa shape index (κ1) is 28.4. The Morgan fingerprint density at radius 3 is 2.51 bits per heavy atom. The first-order chi connectivity index (χ1) is 16.0. The summed E-state index contributed by atoms with van der Waals surface area (Å²) in [4.78, 5) is 49.7. The molecular weight excluding hydrogens is 495 g/mol. The Balaban J connectivity index is 0.00000432. The maximum absolute atomic E-state index is 15.4. The molecule has 3 N–H and O–H groups in total. The van der Waals surface area contributed by atoms with E-state index in [2.05, 4.69) is 10.6 Å². The van der Waals surface area contributed by atoms with E-state index in [1.807, 2.05) is 0 Å². The average molecular weight is 516 g/mol. The van der Waals surface area contributed by atoms with Crippen LogP contribution < -0.4 is 10.6 Å². The van der Waals surface area contributed by atoms with Crippen LogP contribution in [0.15, 0.2) is 48.2 Å². The number of carbonyl (C=O) groups is 4. The van der Waals surface area contributed by atoms with Crippen molar-refractivity contribution in [2.24, 2.45) is 0 Å². The van der Waals surface area contributed by atoms with E-state index in [1.54, 1.807) is 0 Å². The molecule has 2 aromatic carbocycles. The topological polar surface area (TPSA) is 116 Å². The molecule has 0 bridgehead atoms. The van der Waals surface area contributed by atoms with Gasteiger partial charge in [-0.3, -0.25) is 14.4 Å². The van der Waals surface area contributed by atoms with Crippen molar-refractivity contribution in [3.8, 4) is 11.1 Å². The third-order valence-electron chi connectivity index (χ3n) is 5.23. The molecule has 0 saturated carbocycles. The molecular formula is C23H21ClF2N3NaO5. The number of amides is 3. The predicted molar refractivity (Wildman–Crippen MR) is 126 cm³/mol. The molecule has 0 aromatic heterocycles. The molecule has 0 spiro atoms. The number of benzene rings is 2. The summed E-state index contributed by atoms with van der Waals surface area (Å²) in [5.41, 5.74) is 0.334. The van der Waals surface area contributed by atoms with Gasteiger partial charge >= 0.3 is 41.6 Å². The monoisotopic (exact) mass is 515 g/mol. The van der Waals surface area contributed by atoms with Gasteiger partial charge in [0.05, 0.1) is 17.5 Å². The number of nitrogens with zero attached hydrogens (tertiary/aromatic N) is 1. The molecule has 12 heteroatoms. The van der Waals surface area contributed by atoms with Gasteiger partial charge in [0.2, 0.25) is 0 Å². The van der Waals surface area contributed by atoms with Gasteiger partial charge < -0.3 is 20.6 Å². The van der Waals surface area contributed by atoms with Gasteiger partial charge in [0.15, 0.2) is 11.8 Å². The zero-order chi connectivity index (χ0) is 25.2. The summed E-state index contributed by atoms with van der Waals surface area (Å²) in [6.07, 6.45) is 0.639. The molecule has 1 heterocycles. The molecule has 1 aliphatic heterocycles. The molecule has 0 saturated heterocycles. The number of nitrogens with one attached hydrogen (secondary N) is 2. The Hall–Kier alpha value is -2.79. The number of carboxylic acids is 1. The fourth-order valence-electron chi connectivity index (χ4n) is 3.54. The summed E-state index contributed by atoms with van der Waals surface area (Å²) in [6.45, 7) is 1.48. The number of Topliss-reactive ketones (excluding diaryl/α,β-unsaturated/α-hetero) is 1. The van der Waals surface area contributed by atoms with Crippen LogP contribution in [-0.4, -0.2) is 76.3 Å². The van der Waals surface area contributed by atoms with Gasteiger partial charge in [0.1, 0.15) is 11.6 Å². The van der Waals surface area contributed by atoms with E-state index in [0.29, 0.717) is 0 Å². The van der Waals surface area contributed by atoms with Crippen molar-refractivity contribution < 1.29 is 33.1 Å². The zero-order valence-electron chi connectivity index (χ0n) is 18.1. The molecule has 3 rings (SSSR count). The van der Waals surface area contributed by atoms with Crippen LogP contribution in [0.1, 0.15) is 24.9 Å². The minimum atomic E-state index is -1.50. The van der Waals surface area contributed by atoms with Gasteiger partial charge in [-0.25, -0.2) is 13.6 Å². The first-order valence-electron chi connectivity index (χ1n) is 10.0. The molecule has 2 unspecified atom stereocenters. The Morgan fingerprint density at radius 2 is 1.89 bits per heavy atom. The number of halogens is 3. The van der Waals surface area contributed by atoms with Crippen molar-refractivity contribution in [1.82, 2.24) is 15.5 Å². The van der Waals surface area contributed by atoms with Crippen molar-refractivity contribution in [3.63, 3.8) is 0 Å². The molecule has 0 fully saturated rings. The number of ketones is 1. The van der Waals surface area contributed by atoms with E-state index in [-0.39, 0.29) is 56.8 Å². The number of carboxylic acid groups (broad SMARTS) is 1. The number of hydrogen-bond donors (Lipinski definition) is 3. The molecule has 8 nitrogen and oxygen atoms in total. The number of hydrogen-bond acceptors (Lipinski definition) is 4. The normalized spacial score (nSPS) is 16.2. The van der Waals surface area contributed by atoms with Crippen molar-refractivity contribution in [2.75, 3.05) is 7.05 Å². The van der Waals surface area contributed by atoms with Gasteiger partial charge in [0.25, 0.3) is 5.91 Å².